The number of fused-ring (bicyclic) bond motifs is 2. The second-order valence-electron chi connectivity index (χ2n) is 6.45. The fourth-order valence-electron chi connectivity index (χ4n) is 4.24. The molecular weight excluding hydrogens is 299 g/mol. The number of nitrogens with one attached hydrogen (secondary N) is 2. The highest BCUT2D eigenvalue weighted by atomic mass is 35.5. The van der Waals surface area contributed by atoms with Gasteiger partial charge >= 0.3 is 0 Å². The Morgan fingerprint density at radius 2 is 1.00 bits per heavy atom. The van der Waals surface area contributed by atoms with Crippen LogP contribution in [0.5, 0.6) is 0 Å². The highest BCUT2D eigenvalue weighted by molar-refractivity contribution is 5.85. The first-order chi connectivity index (χ1) is 8.75. The molecule has 4 N–H and O–H groups in total. The topological polar surface area (TPSA) is 64.5 Å². The highest BCUT2D eigenvalue weighted by Gasteiger charge is 2.38. The van der Waals surface area contributed by atoms with Crippen LogP contribution >= 0.6 is 24.8 Å². The normalized spacial score (nSPS) is 44.7. The van der Waals surface area contributed by atoms with Crippen molar-refractivity contribution in [2.75, 3.05) is 26.2 Å². The van der Waals surface area contributed by atoms with Gasteiger partial charge in [0, 0.05) is 24.9 Å². The Morgan fingerprint density at radius 1 is 0.600 bits per heavy atom. The number of hydrogen-bond donors (Lipinski definition) is 4. The molecule has 0 aromatic carbocycles. The van der Waals surface area contributed by atoms with Crippen molar-refractivity contribution in [2.24, 2.45) is 23.7 Å². The molecule has 0 amide bonds. The molecule has 0 spiro atoms. The standard InChI is InChI=1S/2C7H13NO.2ClH/c2*9-7-2-1-5-3-8-4-6(5)7;;/h2*5-9H,1-4H2;2*1H/t2*5-,6+,7-;;/m10../s1. The Bertz CT molecular complexity index is 268. The Balaban J connectivity index is 0.000000182. The number of aliphatic hydroxyl groups excluding tert-OH is 2. The van der Waals surface area contributed by atoms with Crippen molar-refractivity contribution >= 4 is 24.8 Å². The van der Waals surface area contributed by atoms with Gasteiger partial charge in [-0.25, -0.2) is 0 Å². The maximum absolute atomic E-state index is 9.36. The van der Waals surface area contributed by atoms with E-state index in [9.17, 15) is 10.2 Å². The third kappa shape index (κ3) is 3.79. The first kappa shape index (κ1) is 18.5. The molecule has 6 atom stereocenters. The van der Waals surface area contributed by atoms with Gasteiger partial charge in [-0.3, -0.25) is 0 Å². The molecule has 0 unspecified atom stereocenters. The third-order valence-electron chi connectivity index (χ3n) is 5.44. The number of aliphatic hydroxyl groups is 2. The summed E-state index contributed by atoms with van der Waals surface area (Å²) >= 11 is 0. The van der Waals surface area contributed by atoms with Crippen LogP contribution in [0.25, 0.3) is 0 Å². The van der Waals surface area contributed by atoms with E-state index in [-0.39, 0.29) is 37.0 Å². The summed E-state index contributed by atoms with van der Waals surface area (Å²) < 4.78 is 0. The first-order valence-corrected chi connectivity index (χ1v) is 7.53. The molecule has 2 heterocycles. The van der Waals surface area contributed by atoms with Crippen LogP contribution in [0.3, 0.4) is 0 Å². The van der Waals surface area contributed by atoms with Crippen molar-refractivity contribution in [1.29, 1.82) is 0 Å². The van der Waals surface area contributed by atoms with E-state index >= 15 is 0 Å². The summed E-state index contributed by atoms with van der Waals surface area (Å²) in [5.74, 6) is 2.76. The van der Waals surface area contributed by atoms with Crippen molar-refractivity contribution < 1.29 is 10.2 Å². The number of rotatable bonds is 0. The summed E-state index contributed by atoms with van der Waals surface area (Å²) in [4.78, 5) is 0. The van der Waals surface area contributed by atoms with Gasteiger partial charge in [-0.15, -0.1) is 24.8 Å². The molecule has 4 nitrogen and oxygen atoms in total. The second-order valence-corrected chi connectivity index (χ2v) is 6.45. The fourth-order valence-corrected chi connectivity index (χ4v) is 4.24. The molecule has 2 aliphatic heterocycles. The molecule has 0 bridgehead atoms. The fraction of sp³-hybridized carbons (Fsp3) is 1.00. The molecule has 2 saturated carbocycles. The van der Waals surface area contributed by atoms with Crippen LogP contribution in [0.1, 0.15) is 25.7 Å². The van der Waals surface area contributed by atoms with Gasteiger partial charge in [-0.2, -0.15) is 0 Å². The Morgan fingerprint density at radius 3 is 1.35 bits per heavy atom. The molecule has 20 heavy (non-hydrogen) atoms. The molecule has 120 valence electrons. The van der Waals surface area contributed by atoms with E-state index in [0.717, 1.165) is 50.9 Å². The summed E-state index contributed by atoms with van der Waals surface area (Å²) in [6.07, 6.45) is 4.56. The van der Waals surface area contributed by atoms with Gasteiger partial charge in [0.25, 0.3) is 0 Å². The van der Waals surface area contributed by atoms with Crippen molar-refractivity contribution in [2.45, 2.75) is 37.9 Å². The molecule has 4 aliphatic rings. The lowest BCUT2D eigenvalue weighted by molar-refractivity contribution is 0.132. The van der Waals surface area contributed by atoms with E-state index < -0.39 is 0 Å². The smallest absolute Gasteiger partial charge is 0.0583 e. The molecule has 4 rings (SSSR count). The van der Waals surface area contributed by atoms with Crippen LogP contribution < -0.4 is 10.6 Å². The SMILES string of the molecule is Cl.Cl.O[C@@H]1CC[C@@H]2CNC[C@@H]21.O[C@H]1CC[C@H]2CNC[C@H]21. The Hall–Kier alpha value is 0.420. The molecule has 0 aromatic rings. The molecule has 2 aliphatic carbocycles. The summed E-state index contributed by atoms with van der Waals surface area (Å²) in [5.41, 5.74) is 0. The minimum absolute atomic E-state index is 0. The van der Waals surface area contributed by atoms with Crippen LogP contribution in [0, 0.1) is 23.7 Å². The van der Waals surface area contributed by atoms with Gasteiger partial charge in [-0.05, 0) is 50.6 Å². The lowest BCUT2D eigenvalue weighted by Crippen LogP contribution is -2.19. The van der Waals surface area contributed by atoms with Crippen LogP contribution in [0.2, 0.25) is 0 Å². The van der Waals surface area contributed by atoms with Crippen LogP contribution in [0.4, 0.5) is 0 Å². The molecule has 4 fully saturated rings. The predicted octanol–water partition coefficient (Wildman–Crippen LogP) is 0.797. The van der Waals surface area contributed by atoms with E-state index in [1.807, 2.05) is 0 Å². The molecule has 0 radical (unpaired) electrons. The number of halogens is 2. The zero-order valence-corrected chi connectivity index (χ0v) is 13.5. The zero-order chi connectivity index (χ0) is 12.5. The Kier molecular flexibility index (Phi) is 7.53. The van der Waals surface area contributed by atoms with Crippen molar-refractivity contribution in [3.8, 4) is 0 Å². The van der Waals surface area contributed by atoms with E-state index in [1.165, 1.54) is 12.8 Å². The van der Waals surface area contributed by atoms with Gasteiger partial charge < -0.3 is 20.8 Å². The summed E-state index contributed by atoms with van der Waals surface area (Å²) in [5, 5.41) is 25.3. The minimum Gasteiger partial charge on any atom is -0.393 e. The average molecular weight is 327 g/mol. The summed E-state index contributed by atoms with van der Waals surface area (Å²) in [7, 11) is 0. The van der Waals surface area contributed by atoms with Gasteiger partial charge in [0.15, 0.2) is 0 Å². The van der Waals surface area contributed by atoms with Crippen molar-refractivity contribution in [1.82, 2.24) is 10.6 Å². The minimum atomic E-state index is 0. The summed E-state index contributed by atoms with van der Waals surface area (Å²) in [6, 6.07) is 0. The third-order valence-corrected chi connectivity index (χ3v) is 5.44. The van der Waals surface area contributed by atoms with Gasteiger partial charge in [-0.1, -0.05) is 0 Å². The van der Waals surface area contributed by atoms with E-state index in [1.54, 1.807) is 0 Å². The number of hydrogen-bond acceptors (Lipinski definition) is 4. The summed E-state index contributed by atoms with van der Waals surface area (Å²) in [6.45, 7) is 4.38. The lowest BCUT2D eigenvalue weighted by Gasteiger charge is -2.09. The molecule has 2 saturated heterocycles. The molecular formula is C14H28Cl2N2O2. The maximum Gasteiger partial charge on any atom is 0.0583 e. The predicted molar refractivity (Wildman–Crippen MR) is 84.7 cm³/mol. The molecule has 6 heteroatoms. The van der Waals surface area contributed by atoms with E-state index in [4.69, 9.17) is 0 Å². The average Bonchev–Trinajstić information content (AvgIpc) is 3.06. The van der Waals surface area contributed by atoms with E-state index in [2.05, 4.69) is 10.6 Å². The van der Waals surface area contributed by atoms with Crippen molar-refractivity contribution in [3.63, 3.8) is 0 Å². The lowest BCUT2D eigenvalue weighted by atomic mass is 10.00. The van der Waals surface area contributed by atoms with Gasteiger partial charge in [0.2, 0.25) is 0 Å². The van der Waals surface area contributed by atoms with E-state index in [0.29, 0.717) is 11.8 Å². The quantitative estimate of drug-likeness (QED) is 0.531. The first-order valence-electron chi connectivity index (χ1n) is 7.53. The largest absolute Gasteiger partial charge is 0.393 e. The molecule has 0 aromatic heterocycles. The zero-order valence-electron chi connectivity index (χ0n) is 11.8. The van der Waals surface area contributed by atoms with Gasteiger partial charge in [0.05, 0.1) is 12.2 Å². The van der Waals surface area contributed by atoms with Crippen molar-refractivity contribution in [3.05, 3.63) is 0 Å². The van der Waals surface area contributed by atoms with Gasteiger partial charge in [0.1, 0.15) is 0 Å². The maximum atomic E-state index is 9.36. The van der Waals surface area contributed by atoms with Crippen LogP contribution in [-0.2, 0) is 0 Å². The van der Waals surface area contributed by atoms with Crippen LogP contribution in [-0.4, -0.2) is 48.6 Å². The monoisotopic (exact) mass is 326 g/mol. The highest BCUT2D eigenvalue weighted by Crippen LogP contribution is 2.34. The second kappa shape index (κ2) is 8.16. The Labute approximate surface area is 133 Å². The van der Waals surface area contributed by atoms with Crippen LogP contribution in [0.15, 0.2) is 0 Å².